The second-order valence-corrected chi connectivity index (χ2v) is 8.87. The Morgan fingerprint density at radius 2 is 1.73 bits per heavy atom. The normalized spacial score (nSPS) is 27.0. The maximum atomic E-state index is 12.9. The van der Waals surface area contributed by atoms with Gasteiger partial charge in [-0.15, -0.1) is 11.3 Å². The van der Waals surface area contributed by atoms with Crippen LogP contribution in [0.2, 0.25) is 0 Å². The Labute approximate surface area is 177 Å². The van der Waals surface area contributed by atoms with E-state index in [9.17, 15) is 9.59 Å². The molecule has 1 saturated heterocycles. The van der Waals surface area contributed by atoms with E-state index < -0.39 is 0 Å². The molecule has 1 aromatic carbocycles. The molecule has 1 aliphatic heterocycles. The first-order valence-electron chi connectivity index (χ1n) is 10.00. The number of hydrazone groups is 1. The minimum absolute atomic E-state index is 0.175. The van der Waals surface area contributed by atoms with Crippen molar-refractivity contribution in [3.8, 4) is 16.3 Å². The van der Waals surface area contributed by atoms with Gasteiger partial charge in [-0.25, -0.2) is 4.68 Å². The molecule has 2 aliphatic carbocycles. The number of allylic oxidation sites excluding steroid dienone is 2. The number of carbonyl (C=O) groups is 2. The van der Waals surface area contributed by atoms with Gasteiger partial charge < -0.3 is 0 Å². The molecule has 2 fully saturated rings. The van der Waals surface area contributed by atoms with Gasteiger partial charge in [0.25, 0.3) is 11.8 Å². The molecule has 30 heavy (non-hydrogen) atoms. The van der Waals surface area contributed by atoms with Crippen molar-refractivity contribution in [2.75, 3.05) is 0 Å². The van der Waals surface area contributed by atoms with Crippen LogP contribution in [0.5, 0.6) is 0 Å². The van der Waals surface area contributed by atoms with E-state index >= 15 is 0 Å². The predicted octanol–water partition coefficient (Wildman–Crippen LogP) is 3.74. The molecule has 148 valence electrons. The molecule has 2 amide bonds. The zero-order valence-electron chi connectivity index (χ0n) is 16.0. The van der Waals surface area contributed by atoms with Crippen molar-refractivity contribution in [2.45, 2.75) is 6.42 Å². The van der Waals surface area contributed by atoms with Crippen molar-refractivity contribution in [3.05, 3.63) is 71.8 Å². The molecule has 6 nitrogen and oxygen atoms in total. The van der Waals surface area contributed by atoms with Gasteiger partial charge in [0.2, 0.25) is 0 Å². The number of aromatic nitrogens is 2. The number of benzene rings is 1. The van der Waals surface area contributed by atoms with Gasteiger partial charge in [-0.2, -0.15) is 15.2 Å². The number of para-hydroxylation sites is 1. The molecule has 2 bridgehead atoms. The Hall–Kier alpha value is -3.32. The second-order valence-electron chi connectivity index (χ2n) is 7.92. The second kappa shape index (κ2) is 6.60. The monoisotopic (exact) mass is 414 g/mol. The van der Waals surface area contributed by atoms with Gasteiger partial charge in [0, 0.05) is 11.8 Å². The van der Waals surface area contributed by atoms with Crippen LogP contribution in [-0.4, -0.2) is 32.8 Å². The Balaban J connectivity index is 1.36. The molecule has 6 rings (SSSR count). The highest BCUT2D eigenvalue weighted by Gasteiger charge is 2.59. The van der Waals surface area contributed by atoms with E-state index in [-0.39, 0.29) is 35.5 Å². The summed E-state index contributed by atoms with van der Waals surface area (Å²) in [7, 11) is 0. The molecule has 0 radical (unpaired) electrons. The van der Waals surface area contributed by atoms with Gasteiger partial charge in [-0.05, 0) is 41.8 Å². The van der Waals surface area contributed by atoms with Crippen LogP contribution >= 0.6 is 11.3 Å². The van der Waals surface area contributed by atoms with Crippen molar-refractivity contribution >= 4 is 29.4 Å². The van der Waals surface area contributed by atoms with Gasteiger partial charge in [-0.1, -0.05) is 36.4 Å². The Bertz CT molecular complexity index is 1170. The molecule has 4 atom stereocenters. The SMILES string of the molecule is O=C1[C@@H]2[C@@H](C(=O)N1/N=C\c1cn(-c3ccccc3)nc1-c1cccs1)[C@H]1C=C[C@H]2C1. The molecule has 3 aromatic rings. The van der Waals surface area contributed by atoms with E-state index in [0.29, 0.717) is 0 Å². The zero-order valence-corrected chi connectivity index (χ0v) is 16.8. The van der Waals surface area contributed by atoms with Gasteiger partial charge in [0.15, 0.2) is 0 Å². The summed E-state index contributed by atoms with van der Waals surface area (Å²) < 4.78 is 1.79. The number of thiophene rings is 1. The van der Waals surface area contributed by atoms with Crippen LogP contribution in [-0.2, 0) is 9.59 Å². The highest BCUT2D eigenvalue weighted by atomic mass is 32.1. The third kappa shape index (κ3) is 2.55. The standard InChI is InChI=1S/C23H18N4O2S/c28-22-19-14-8-9-15(11-14)20(19)23(29)27(22)24-12-16-13-26(17-5-2-1-3-6-17)25-21(16)18-7-4-10-30-18/h1-10,12-15,19-20H,11H2/b24-12-/t14-,15-,19-,20-/m0/s1. The van der Waals surface area contributed by atoms with Crippen molar-refractivity contribution in [1.82, 2.24) is 14.8 Å². The van der Waals surface area contributed by atoms with E-state index in [0.717, 1.165) is 33.3 Å². The lowest BCUT2D eigenvalue weighted by atomic mass is 9.85. The lowest BCUT2D eigenvalue weighted by Gasteiger charge is -2.13. The minimum atomic E-state index is -0.242. The number of imide groups is 1. The fourth-order valence-corrected chi connectivity index (χ4v) is 5.65. The first kappa shape index (κ1) is 17.5. The van der Waals surface area contributed by atoms with Crippen molar-refractivity contribution in [2.24, 2.45) is 28.8 Å². The third-order valence-electron chi connectivity index (χ3n) is 6.28. The highest BCUT2D eigenvalue weighted by Crippen LogP contribution is 2.52. The molecular weight excluding hydrogens is 396 g/mol. The lowest BCUT2D eigenvalue weighted by molar-refractivity contribution is -0.140. The van der Waals surface area contributed by atoms with Crippen LogP contribution in [0.3, 0.4) is 0 Å². The molecule has 2 aromatic heterocycles. The van der Waals surface area contributed by atoms with Crippen LogP contribution in [0.25, 0.3) is 16.3 Å². The average molecular weight is 414 g/mol. The first-order chi connectivity index (χ1) is 14.7. The molecular formula is C23H18N4O2S. The van der Waals surface area contributed by atoms with Gasteiger partial charge >= 0.3 is 0 Å². The summed E-state index contributed by atoms with van der Waals surface area (Å²) in [6.45, 7) is 0. The van der Waals surface area contributed by atoms with Gasteiger partial charge in [-0.3, -0.25) is 9.59 Å². The number of nitrogens with zero attached hydrogens (tertiary/aromatic N) is 4. The van der Waals surface area contributed by atoms with E-state index in [1.165, 1.54) is 0 Å². The Kier molecular flexibility index (Phi) is 3.86. The molecule has 3 aliphatic rings. The zero-order chi connectivity index (χ0) is 20.2. The highest BCUT2D eigenvalue weighted by molar-refractivity contribution is 7.13. The number of fused-ring (bicyclic) bond motifs is 5. The lowest BCUT2D eigenvalue weighted by Crippen LogP contribution is -2.28. The molecule has 7 heteroatoms. The van der Waals surface area contributed by atoms with E-state index in [4.69, 9.17) is 5.10 Å². The first-order valence-corrected chi connectivity index (χ1v) is 10.9. The van der Waals surface area contributed by atoms with Crippen LogP contribution in [0.1, 0.15) is 12.0 Å². The van der Waals surface area contributed by atoms with E-state index in [1.54, 1.807) is 22.2 Å². The summed E-state index contributed by atoms with van der Waals surface area (Å²) in [5, 5.41) is 12.2. The summed E-state index contributed by atoms with van der Waals surface area (Å²) in [6.07, 6.45) is 8.56. The maximum absolute atomic E-state index is 12.9. The summed E-state index contributed by atoms with van der Waals surface area (Å²) in [5.74, 6) is -0.474. The fourth-order valence-electron chi connectivity index (χ4n) is 4.92. The number of amides is 2. The van der Waals surface area contributed by atoms with Crippen molar-refractivity contribution < 1.29 is 9.59 Å². The summed E-state index contributed by atoms with van der Waals surface area (Å²) in [5.41, 5.74) is 2.47. The van der Waals surface area contributed by atoms with Crippen LogP contribution in [0.4, 0.5) is 0 Å². The fraction of sp³-hybridized carbons (Fsp3) is 0.217. The summed E-state index contributed by atoms with van der Waals surface area (Å²) >= 11 is 1.59. The molecule has 0 unspecified atom stereocenters. The third-order valence-corrected chi connectivity index (χ3v) is 7.15. The molecule has 1 saturated carbocycles. The maximum Gasteiger partial charge on any atom is 0.254 e. The predicted molar refractivity (Wildman–Crippen MR) is 114 cm³/mol. The molecule has 3 heterocycles. The Morgan fingerprint density at radius 3 is 2.40 bits per heavy atom. The van der Waals surface area contributed by atoms with Gasteiger partial charge in [0.05, 0.1) is 28.6 Å². The number of rotatable bonds is 4. The molecule has 0 spiro atoms. The number of carbonyl (C=O) groups excluding carboxylic acids is 2. The number of hydrogen-bond donors (Lipinski definition) is 0. The topological polar surface area (TPSA) is 67.6 Å². The smallest absolute Gasteiger partial charge is 0.254 e. The van der Waals surface area contributed by atoms with Crippen molar-refractivity contribution in [1.29, 1.82) is 0 Å². The minimum Gasteiger partial charge on any atom is -0.272 e. The van der Waals surface area contributed by atoms with Crippen LogP contribution in [0.15, 0.2) is 71.3 Å². The quantitative estimate of drug-likeness (QED) is 0.371. The van der Waals surface area contributed by atoms with E-state index in [1.807, 2.05) is 54.0 Å². The van der Waals surface area contributed by atoms with Crippen LogP contribution in [0, 0.1) is 23.7 Å². The molecule has 0 N–H and O–H groups in total. The average Bonchev–Trinajstić information content (AvgIpc) is 3.58. The Morgan fingerprint density at radius 1 is 1.00 bits per heavy atom. The van der Waals surface area contributed by atoms with Crippen molar-refractivity contribution in [3.63, 3.8) is 0 Å². The summed E-state index contributed by atoms with van der Waals surface area (Å²) in [4.78, 5) is 26.8. The van der Waals surface area contributed by atoms with E-state index in [2.05, 4.69) is 17.3 Å². The van der Waals surface area contributed by atoms with Crippen LogP contribution < -0.4 is 0 Å². The number of hydrogen-bond acceptors (Lipinski definition) is 5. The largest absolute Gasteiger partial charge is 0.272 e. The summed E-state index contributed by atoms with van der Waals surface area (Å²) in [6, 6.07) is 13.8. The van der Waals surface area contributed by atoms with Gasteiger partial charge in [0.1, 0.15) is 5.69 Å².